The van der Waals surface area contributed by atoms with Crippen molar-refractivity contribution in [2.75, 3.05) is 0 Å². The summed E-state index contributed by atoms with van der Waals surface area (Å²) in [6, 6.07) is 7.05. The number of benzene rings is 1. The van der Waals surface area contributed by atoms with Crippen molar-refractivity contribution in [3.8, 4) is 0 Å². The third kappa shape index (κ3) is 2.81. The number of H-pyrrole nitrogens is 1. The number of aromatic amines is 1. The lowest BCUT2D eigenvalue weighted by Gasteiger charge is -2.12. The van der Waals surface area contributed by atoms with Crippen LogP contribution in [0.4, 0.5) is 0 Å². The summed E-state index contributed by atoms with van der Waals surface area (Å²) < 4.78 is 0. The fourth-order valence-electron chi connectivity index (χ4n) is 2.09. The van der Waals surface area contributed by atoms with Gasteiger partial charge in [0.2, 0.25) is 0 Å². The van der Waals surface area contributed by atoms with Crippen LogP contribution in [-0.2, 0) is 0 Å². The molecule has 0 spiro atoms. The Morgan fingerprint density at radius 1 is 1.37 bits per heavy atom. The summed E-state index contributed by atoms with van der Waals surface area (Å²) in [4.78, 5) is 23.8. The summed E-state index contributed by atoms with van der Waals surface area (Å²) in [5.41, 5.74) is -0.0214. The topological polar surface area (TPSA) is 74.8 Å². The maximum atomic E-state index is 12.2. The van der Waals surface area contributed by atoms with Crippen molar-refractivity contribution in [3.63, 3.8) is 0 Å². The molecule has 5 nitrogen and oxygen atoms in total. The van der Waals surface area contributed by atoms with Crippen molar-refractivity contribution >= 4 is 16.7 Å². The Bertz CT molecular complexity index is 648. The van der Waals surface area contributed by atoms with Crippen LogP contribution in [0, 0.1) is 0 Å². The van der Waals surface area contributed by atoms with Gasteiger partial charge in [-0.3, -0.25) is 9.59 Å². The van der Waals surface area contributed by atoms with Gasteiger partial charge in [0.15, 0.2) is 5.69 Å². The van der Waals surface area contributed by atoms with Crippen LogP contribution >= 0.6 is 0 Å². The quantitative estimate of drug-likeness (QED) is 0.879. The van der Waals surface area contributed by atoms with Crippen molar-refractivity contribution < 1.29 is 4.79 Å². The van der Waals surface area contributed by atoms with E-state index in [1.165, 1.54) is 0 Å². The van der Waals surface area contributed by atoms with Crippen LogP contribution in [0.5, 0.6) is 0 Å². The molecule has 1 atom stereocenters. The van der Waals surface area contributed by atoms with E-state index >= 15 is 0 Å². The molecule has 0 aliphatic carbocycles. The number of carbonyl (C=O) groups is 1. The van der Waals surface area contributed by atoms with Crippen LogP contribution < -0.4 is 10.9 Å². The third-order valence-electron chi connectivity index (χ3n) is 3.01. The van der Waals surface area contributed by atoms with Gasteiger partial charge in [-0.15, -0.1) is 0 Å². The van der Waals surface area contributed by atoms with Crippen LogP contribution in [0.3, 0.4) is 0 Å². The molecule has 2 aromatic rings. The molecule has 0 saturated carbocycles. The van der Waals surface area contributed by atoms with E-state index in [4.69, 9.17) is 0 Å². The Labute approximate surface area is 111 Å². The molecule has 2 rings (SSSR count). The third-order valence-corrected chi connectivity index (χ3v) is 3.01. The Morgan fingerprint density at radius 3 is 2.74 bits per heavy atom. The molecule has 1 aromatic carbocycles. The Balaban J connectivity index is 2.38. The van der Waals surface area contributed by atoms with Gasteiger partial charge in [-0.25, -0.2) is 5.10 Å². The number of rotatable bonds is 4. The molecule has 0 saturated heterocycles. The average Bonchev–Trinajstić information content (AvgIpc) is 2.39. The molecular formula is C14H17N3O2. The first-order valence-electron chi connectivity index (χ1n) is 6.41. The van der Waals surface area contributed by atoms with Gasteiger partial charge in [0, 0.05) is 11.4 Å². The molecule has 0 bridgehead atoms. The van der Waals surface area contributed by atoms with E-state index in [1.54, 1.807) is 24.3 Å². The van der Waals surface area contributed by atoms with E-state index in [0.717, 1.165) is 12.8 Å². The fourth-order valence-corrected chi connectivity index (χ4v) is 2.09. The number of carbonyl (C=O) groups excluding carboxylic acids is 1. The number of amides is 1. The molecule has 1 aromatic heterocycles. The summed E-state index contributed by atoms with van der Waals surface area (Å²) in [5, 5.41) is 10.2. The van der Waals surface area contributed by atoms with Gasteiger partial charge < -0.3 is 5.32 Å². The Hall–Kier alpha value is -2.17. The molecule has 100 valence electrons. The van der Waals surface area contributed by atoms with E-state index in [2.05, 4.69) is 22.4 Å². The number of nitrogens with zero attached hydrogens (tertiary/aromatic N) is 1. The highest BCUT2D eigenvalue weighted by Crippen LogP contribution is 2.12. The largest absolute Gasteiger partial charge is 0.348 e. The Morgan fingerprint density at radius 2 is 2.05 bits per heavy atom. The second-order valence-corrected chi connectivity index (χ2v) is 4.61. The summed E-state index contributed by atoms with van der Waals surface area (Å²) in [7, 11) is 0. The molecule has 19 heavy (non-hydrogen) atoms. The number of fused-ring (bicyclic) bond motifs is 1. The smallest absolute Gasteiger partial charge is 0.272 e. The van der Waals surface area contributed by atoms with Gasteiger partial charge in [-0.1, -0.05) is 31.5 Å². The highest BCUT2D eigenvalue weighted by molar-refractivity contribution is 6.04. The normalized spacial score (nSPS) is 12.3. The second-order valence-electron chi connectivity index (χ2n) is 4.61. The minimum Gasteiger partial charge on any atom is -0.348 e. The first-order chi connectivity index (χ1) is 9.13. The van der Waals surface area contributed by atoms with Gasteiger partial charge in [-0.2, -0.15) is 5.10 Å². The SMILES string of the molecule is CCCC(C)NC(=O)c1n[nH]c(=O)c2ccccc12. The van der Waals surface area contributed by atoms with E-state index in [-0.39, 0.29) is 23.2 Å². The van der Waals surface area contributed by atoms with Crippen molar-refractivity contribution in [1.29, 1.82) is 0 Å². The molecule has 1 unspecified atom stereocenters. The zero-order valence-electron chi connectivity index (χ0n) is 11.1. The molecule has 0 aliphatic heterocycles. The maximum absolute atomic E-state index is 12.2. The van der Waals surface area contributed by atoms with E-state index in [0.29, 0.717) is 10.8 Å². The number of nitrogens with one attached hydrogen (secondary N) is 2. The zero-order valence-corrected chi connectivity index (χ0v) is 11.1. The predicted molar refractivity (Wildman–Crippen MR) is 74.2 cm³/mol. The van der Waals surface area contributed by atoms with E-state index < -0.39 is 0 Å². The molecule has 1 heterocycles. The van der Waals surface area contributed by atoms with Crippen LogP contribution in [0.1, 0.15) is 37.2 Å². The standard InChI is InChI=1S/C14H17N3O2/c1-3-6-9(2)15-14(19)12-10-7-4-5-8-11(10)13(18)17-16-12/h4-5,7-9H,3,6H2,1-2H3,(H,15,19)(H,17,18). The number of hydrogen-bond acceptors (Lipinski definition) is 3. The first-order valence-corrected chi connectivity index (χ1v) is 6.41. The molecular weight excluding hydrogens is 242 g/mol. The van der Waals surface area contributed by atoms with Gasteiger partial charge in [-0.05, 0) is 19.4 Å². The van der Waals surface area contributed by atoms with Crippen molar-refractivity contribution in [3.05, 3.63) is 40.3 Å². The monoisotopic (exact) mass is 259 g/mol. The summed E-state index contributed by atoms with van der Waals surface area (Å²) in [5.74, 6) is -0.256. The first kappa shape index (κ1) is 13.3. The average molecular weight is 259 g/mol. The van der Waals surface area contributed by atoms with E-state index in [9.17, 15) is 9.59 Å². The molecule has 1 amide bonds. The lowest BCUT2D eigenvalue weighted by molar-refractivity contribution is 0.0934. The summed E-state index contributed by atoms with van der Waals surface area (Å²) in [6.45, 7) is 4.02. The van der Waals surface area contributed by atoms with Crippen molar-refractivity contribution in [2.24, 2.45) is 0 Å². The number of hydrogen-bond donors (Lipinski definition) is 2. The van der Waals surface area contributed by atoms with Crippen LogP contribution in [0.25, 0.3) is 10.8 Å². The lowest BCUT2D eigenvalue weighted by atomic mass is 10.1. The minimum absolute atomic E-state index is 0.0880. The summed E-state index contributed by atoms with van der Waals surface area (Å²) >= 11 is 0. The zero-order chi connectivity index (χ0) is 13.8. The van der Waals surface area contributed by atoms with Gasteiger partial charge in [0.1, 0.15) is 0 Å². The highest BCUT2D eigenvalue weighted by atomic mass is 16.2. The lowest BCUT2D eigenvalue weighted by Crippen LogP contribution is -2.33. The predicted octanol–water partition coefficient (Wildman–Crippen LogP) is 1.84. The van der Waals surface area contributed by atoms with Gasteiger partial charge in [0.05, 0.1) is 5.39 Å². The molecule has 5 heteroatoms. The van der Waals surface area contributed by atoms with Crippen LogP contribution in [-0.4, -0.2) is 22.1 Å². The molecule has 0 radical (unpaired) electrons. The molecule has 0 aliphatic rings. The van der Waals surface area contributed by atoms with Crippen molar-refractivity contribution in [1.82, 2.24) is 15.5 Å². The number of aromatic nitrogens is 2. The molecule has 2 N–H and O–H groups in total. The molecule has 0 fully saturated rings. The van der Waals surface area contributed by atoms with Crippen LogP contribution in [0.2, 0.25) is 0 Å². The highest BCUT2D eigenvalue weighted by Gasteiger charge is 2.15. The second kappa shape index (κ2) is 5.65. The van der Waals surface area contributed by atoms with Crippen LogP contribution in [0.15, 0.2) is 29.1 Å². The Kier molecular flexibility index (Phi) is 3.94. The van der Waals surface area contributed by atoms with Gasteiger partial charge in [0.25, 0.3) is 11.5 Å². The van der Waals surface area contributed by atoms with Gasteiger partial charge >= 0.3 is 0 Å². The maximum Gasteiger partial charge on any atom is 0.272 e. The van der Waals surface area contributed by atoms with Crippen molar-refractivity contribution in [2.45, 2.75) is 32.7 Å². The van der Waals surface area contributed by atoms with E-state index in [1.807, 2.05) is 6.92 Å². The fraction of sp³-hybridized carbons (Fsp3) is 0.357. The summed E-state index contributed by atoms with van der Waals surface area (Å²) in [6.07, 6.45) is 1.91. The minimum atomic E-state index is -0.284.